The molecule has 78 valence electrons. The van der Waals surface area contributed by atoms with Crippen molar-refractivity contribution in [1.82, 2.24) is 9.36 Å². The van der Waals surface area contributed by atoms with E-state index >= 15 is 0 Å². The minimum atomic E-state index is 0.577. The second-order valence-corrected chi connectivity index (χ2v) is 4.09. The smallest absolute Gasteiger partial charge is 0.139 e. The SMILES string of the molecule is CN(Cc1cccnc1)c1cc(N)ns1. The molecular weight excluding hydrogens is 208 g/mol. The van der Waals surface area contributed by atoms with Gasteiger partial charge in [-0.2, -0.15) is 4.37 Å². The highest BCUT2D eigenvalue weighted by atomic mass is 32.1. The second-order valence-electron chi connectivity index (χ2n) is 3.31. The Kier molecular flexibility index (Phi) is 2.82. The van der Waals surface area contributed by atoms with Crippen molar-refractivity contribution in [2.75, 3.05) is 17.7 Å². The monoisotopic (exact) mass is 220 g/mol. The molecule has 0 radical (unpaired) electrons. The van der Waals surface area contributed by atoms with Gasteiger partial charge >= 0.3 is 0 Å². The number of hydrogen-bond donors (Lipinski definition) is 1. The quantitative estimate of drug-likeness (QED) is 0.856. The number of nitrogens with two attached hydrogens (primary N) is 1. The van der Waals surface area contributed by atoms with Crippen molar-refractivity contribution in [3.8, 4) is 0 Å². The van der Waals surface area contributed by atoms with Crippen LogP contribution in [0, 0.1) is 0 Å². The van der Waals surface area contributed by atoms with Crippen molar-refractivity contribution < 1.29 is 0 Å². The van der Waals surface area contributed by atoms with Gasteiger partial charge in [-0.05, 0) is 23.2 Å². The van der Waals surface area contributed by atoms with Crippen LogP contribution in [0.2, 0.25) is 0 Å². The number of pyridine rings is 1. The lowest BCUT2D eigenvalue weighted by molar-refractivity contribution is 0.926. The Labute approximate surface area is 92.5 Å². The molecule has 2 aromatic heterocycles. The van der Waals surface area contributed by atoms with Gasteiger partial charge in [0.1, 0.15) is 10.8 Å². The minimum absolute atomic E-state index is 0.577. The third-order valence-corrected chi connectivity index (χ3v) is 2.95. The molecule has 0 aliphatic rings. The maximum atomic E-state index is 5.57. The molecule has 2 heterocycles. The highest BCUT2D eigenvalue weighted by Gasteiger charge is 2.05. The Bertz CT molecular complexity index is 426. The van der Waals surface area contributed by atoms with Crippen molar-refractivity contribution in [1.29, 1.82) is 0 Å². The molecule has 0 saturated carbocycles. The van der Waals surface area contributed by atoms with E-state index in [0.29, 0.717) is 5.82 Å². The molecule has 0 aliphatic heterocycles. The average Bonchev–Trinajstić information content (AvgIpc) is 2.66. The summed E-state index contributed by atoms with van der Waals surface area (Å²) in [6, 6.07) is 5.86. The minimum Gasteiger partial charge on any atom is -0.383 e. The third-order valence-electron chi connectivity index (χ3n) is 2.03. The van der Waals surface area contributed by atoms with E-state index in [0.717, 1.165) is 11.5 Å². The Hall–Kier alpha value is -1.62. The van der Waals surface area contributed by atoms with Gasteiger partial charge in [-0.1, -0.05) is 6.07 Å². The van der Waals surface area contributed by atoms with E-state index < -0.39 is 0 Å². The zero-order valence-corrected chi connectivity index (χ0v) is 9.24. The maximum absolute atomic E-state index is 5.57. The first-order valence-electron chi connectivity index (χ1n) is 4.58. The molecular formula is C10H12N4S. The van der Waals surface area contributed by atoms with Gasteiger partial charge in [0.15, 0.2) is 0 Å². The lowest BCUT2D eigenvalue weighted by Crippen LogP contribution is -2.14. The van der Waals surface area contributed by atoms with Gasteiger partial charge in [-0.25, -0.2) is 0 Å². The van der Waals surface area contributed by atoms with Crippen LogP contribution in [-0.2, 0) is 6.54 Å². The van der Waals surface area contributed by atoms with E-state index in [9.17, 15) is 0 Å². The van der Waals surface area contributed by atoms with Gasteiger partial charge in [0.25, 0.3) is 0 Å². The number of nitrogen functional groups attached to an aromatic ring is 1. The summed E-state index contributed by atoms with van der Waals surface area (Å²) in [5.74, 6) is 0.577. The number of rotatable bonds is 3. The van der Waals surface area contributed by atoms with Crippen LogP contribution in [0.5, 0.6) is 0 Å². The van der Waals surface area contributed by atoms with Gasteiger partial charge in [0.2, 0.25) is 0 Å². The third kappa shape index (κ3) is 2.44. The predicted octanol–water partition coefficient (Wildman–Crippen LogP) is 1.76. The standard InChI is InChI=1S/C10H12N4S/c1-14(10-5-9(11)13-15-10)7-8-3-2-4-12-6-8/h2-6H,7H2,1H3,(H2,11,13). The Balaban J connectivity index is 2.07. The molecule has 0 aromatic carbocycles. The summed E-state index contributed by atoms with van der Waals surface area (Å²) in [7, 11) is 2.01. The molecule has 15 heavy (non-hydrogen) atoms. The maximum Gasteiger partial charge on any atom is 0.139 e. The molecule has 0 unspecified atom stereocenters. The van der Waals surface area contributed by atoms with Crippen LogP contribution >= 0.6 is 11.5 Å². The van der Waals surface area contributed by atoms with Crippen molar-refractivity contribution in [3.05, 3.63) is 36.2 Å². The van der Waals surface area contributed by atoms with Crippen LogP contribution in [-0.4, -0.2) is 16.4 Å². The lowest BCUT2D eigenvalue weighted by Gasteiger charge is -2.15. The van der Waals surface area contributed by atoms with Crippen molar-refractivity contribution in [2.24, 2.45) is 0 Å². The summed E-state index contributed by atoms with van der Waals surface area (Å²) >= 11 is 1.41. The van der Waals surface area contributed by atoms with Crippen molar-refractivity contribution in [3.63, 3.8) is 0 Å². The topological polar surface area (TPSA) is 55.0 Å². The highest BCUT2D eigenvalue weighted by molar-refractivity contribution is 7.10. The number of nitrogens with zero attached hydrogens (tertiary/aromatic N) is 3. The van der Waals surface area contributed by atoms with Gasteiger partial charge in [-0.15, -0.1) is 0 Å². The molecule has 2 rings (SSSR count). The molecule has 0 aliphatic carbocycles. The van der Waals surface area contributed by atoms with Gasteiger partial charge in [-0.3, -0.25) is 4.98 Å². The van der Waals surface area contributed by atoms with E-state index in [4.69, 9.17) is 5.73 Å². The van der Waals surface area contributed by atoms with E-state index in [1.807, 2.05) is 31.4 Å². The second kappa shape index (κ2) is 4.27. The fourth-order valence-electron chi connectivity index (χ4n) is 1.30. The highest BCUT2D eigenvalue weighted by Crippen LogP contribution is 2.22. The molecule has 5 heteroatoms. The average molecular weight is 220 g/mol. The molecule has 0 amide bonds. The number of hydrogen-bond acceptors (Lipinski definition) is 5. The fourth-order valence-corrected chi connectivity index (χ4v) is 1.93. The first kappa shape index (κ1) is 9.92. The van der Waals surface area contributed by atoms with Crippen LogP contribution in [0.3, 0.4) is 0 Å². The summed E-state index contributed by atoms with van der Waals surface area (Å²) < 4.78 is 4.04. The summed E-state index contributed by atoms with van der Waals surface area (Å²) in [6.07, 6.45) is 3.63. The fraction of sp³-hybridized carbons (Fsp3) is 0.200. The van der Waals surface area contributed by atoms with E-state index in [1.54, 1.807) is 6.20 Å². The molecule has 0 atom stereocenters. The summed E-state index contributed by atoms with van der Waals surface area (Å²) in [6.45, 7) is 0.815. The van der Waals surface area contributed by atoms with E-state index in [2.05, 4.69) is 14.3 Å². The van der Waals surface area contributed by atoms with Crippen LogP contribution in [0.25, 0.3) is 0 Å². The summed E-state index contributed by atoms with van der Waals surface area (Å²) in [5.41, 5.74) is 6.74. The van der Waals surface area contributed by atoms with Crippen LogP contribution in [0.1, 0.15) is 5.56 Å². The zero-order chi connectivity index (χ0) is 10.7. The van der Waals surface area contributed by atoms with Crippen LogP contribution in [0.4, 0.5) is 10.8 Å². The Morgan fingerprint density at radius 3 is 3.00 bits per heavy atom. The molecule has 0 saturated heterocycles. The summed E-state index contributed by atoms with van der Waals surface area (Å²) in [4.78, 5) is 6.18. The molecule has 0 fully saturated rings. The first-order chi connectivity index (χ1) is 7.25. The molecule has 2 N–H and O–H groups in total. The Morgan fingerprint density at radius 2 is 2.40 bits per heavy atom. The largest absolute Gasteiger partial charge is 0.383 e. The molecule has 0 bridgehead atoms. The molecule has 4 nitrogen and oxygen atoms in total. The van der Waals surface area contributed by atoms with Gasteiger partial charge in [0, 0.05) is 32.1 Å². The van der Waals surface area contributed by atoms with E-state index in [1.165, 1.54) is 17.1 Å². The Morgan fingerprint density at radius 1 is 1.53 bits per heavy atom. The first-order valence-corrected chi connectivity index (χ1v) is 5.35. The molecule has 0 spiro atoms. The predicted molar refractivity (Wildman–Crippen MR) is 62.9 cm³/mol. The van der Waals surface area contributed by atoms with E-state index in [-0.39, 0.29) is 0 Å². The number of aromatic nitrogens is 2. The van der Waals surface area contributed by atoms with Crippen LogP contribution in [0.15, 0.2) is 30.6 Å². The lowest BCUT2D eigenvalue weighted by atomic mass is 10.3. The normalized spacial score (nSPS) is 10.2. The number of anilines is 2. The molecule has 2 aromatic rings. The van der Waals surface area contributed by atoms with Gasteiger partial charge < -0.3 is 10.6 Å². The zero-order valence-electron chi connectivity index (χ0n) is 8.42. The van der Waals surface area contributed by atoms with Gasteiger partial charge in [0.05, 0.1) is 0 Å². The van der Waals surface area contributed by atoms with Crippen molar-refractivity contribution >= 4 is 22.4 Å². The van der Waals surface area contributed by atoms with Crippen molar-refractivity contribution in [2.45, 2.75) is 6.54 Å². The van der Waals surface area contributed by atoms with Crippen LogP contribution < -0.4 is 10.6 Å². The summed E-state index contributed by atoms with van der Waals surface area (Å²) in [5, 5.41) is 1.07.